The maximum absolute atomic E-state index is 11.4. The van der Waals surface area contributed by atoms with Crippen molar-refractivity contribution >= 4 is 34.1 Å². The second kappa shape index (κ2) is 7.33. The van der Waals surface area contributed by atoms with E-state index in [1.54, 1.807) is 30.3 Å². The Balaban J connectivity index is 1.83. The van der Waals surface area contributed by atoms with Gasteiger partial charge < -0.3 is 10.4 Å². The van der Waals surface area contributed by atoms with Crippen LogP contribution in [0.25, 0.3) is 22.2 Å². The monoisotopic (exact) mass is 401 g/mol. The maximum atomic E-state index is 11.4. The number of aromatic nitrogens is 2. The lowest BCUT2D eigenvalue weighted by atomic mass is 9.99. The zero-order valence-corrected chi connectivity index (χ0v) is 15.1. The lowest BCUT2D eigenvalue weighted by molar-refractivity contribution is -0.383. The average molecular weight is 401 g/mol. The minimum absolute atomic E-state index is 0.00733. The lowest BCUT2D eigenvalue weighted by Crippen LogP contribution is -2.00. The Morgan fingerprint density at radius 2 is 1.77 bits per heavy atom. The molecule has 10 nitrogen and oxygen atoms in total. The average Bonchev–Trinajstić information content (AvgIpc) is 3.24. The molecule has 0 spiro atoms. The van der Waals surface area contributed by atoms with Gasteiger partial charge in [-0.1, -0.05) is 12.1 Å². The fraction of sp³-hybridized carbons (Fsp3) is 0. The minimum atomic E-state index is -1.09. The number of nitrogens with one attached hydrogen (secondary N) is 1. The van der Waals surface area contributed by atoms with Crippen molar-refractivity contribution in [1.29, 1.82) is 5.26 Å². The Kier molecular flexibility index (Phi) is 4.54. The van der Waals surface area contributed by atoms with Crippen molar-refractivity contribution in [3.63, 3.8) is 0 Å². The van der Waals surface area contributed by atoms with Crippen molar-refractivity contribution < 1.29 is 19.5 Å². The van der Waals surface area contributed by atoms with Gasteiger partial charge in [0.25, 0.3) is 0 Å². The molecule has 0 aliphatic heterocycles. The summed E-state index contributed by atoms with van der Waals surface area (Å²) >= 11 is 0. The lowest BCUT2D eigenvalue weighted by Gasteiger charge is -2.13. The number of anilines is 2. The molecule has 4 rings (SSSR count). The first-order valence-electron chi connectivity index (χ1n) is 8.52. The molecule has 10 heteroatoms. The van der Waals surface area contributed by atoms with Gasteiger partial charge in [0.1, 0.15) is 0 Å². The van der Waals surface area contributed by atoms with Crippen LogP contribution in [0.3, 0.4) is 0 Å². The number of benzene rings is 3. The first-order chi connectivity index (χ1) is 14.5. The van der Waals surface area contributed by atoms with Crippen molar-refractivity contribution in [3.05, 3.63) is 75.8 Å². The Morgan fingerprint density at radius 3 is 2.43 bits per heavy atom. The van der Waals surface area contributed by atoms with Crippen LogP contribution in [0.15, 0.2) is 59.2 Å². The van der Waals surface area contributed by atoms with E-state index in [0.717, 1.165) is 0 Å². The number of hydrogen-bond acceptors (Lipinski definition) is 8. The quantitative estimate of drug-likeness (QED) is 0.371. The molecule has 4 aromatic rings. The normalized spacial score (nSPS) is 10.5. The highest BCUT2D eigenvalue weighted by Gasteiger charge is 2.20. The highest BCUT2D eigenvalue weighted by Crippen LogP contribution is 2.35. The first-order valence-corrected chi connectivity index (χ1v) is 8.52. The number of aromatic carboxylic acids is 1. The summed E-state index contributed by atoms with van der Waals surface area (Å²) in [5.41, 5.74) is 2.62. The molecule has 0 saturated carbocycles. The van der Waals surface area contributed by atoms with Gasteiger partial charge in [-0.2, -0.15) is 5.26 Å². The number of hydrogen-bond donors (Lipinski definition) is 2. The number of carboxylic acid groups (broad SMARTS) is 1. The fourth-order valence-electron chi connectivity index (χ4n) is 3.00. The van der Waals surface area contributed by atoms with Crippen molar-refractivity contribution in [1.82, 2.24) is 10.3 Å². The van der Waals surface area contributed by atoms with Crippen LogP contribution in [0.4, 0.5) is 17.1 Å². The topological polar surface area (TPSA) is 155 Å². The molecule has 2 N–H and O–H groups in total. The molecule has 0 bridgehead atoms. The summed E-state index contributed by atoms with van der Waals surface area (Å²) in [6.07, 6.45) is 0. The molecule has 0 unspecified atom stereocenters. The van der Waals surface area contributed by atoms with Gasteiger partial charge in [0.2, 0.25) is 5.52 Å². The summed E-state index contributed by atoms with van der Waals surface area (Å²) < 4.78 is 4.67. The number of nitrogens with zero attached hydrogens (tertiary/aromatic N) is 4. The van der Waals surface area contributed by atoms with Crippen LogP contribution < -0.4 is 5.32 Å². The van der Waals surface area contributed by atoms with Crippen LogP contribution in [0.1, 0.15) is 15.9 Å². The van der Waals surface area contributed by atoms with E-state index >= 15 is 0 Å². The molecule has 0 radical (unpaired) electrons. The molecular formula is C20H11N5O5. The molecule has 0 fully saturated rings. The van der Waals surface area contributed by atoms with E-state index in [2.05, 4.69) is 20.3 Å². The second-order valence-electron chi connectivity index (χ2n) is 6.23. The molecule has 0 aliphatic carbocycles. The SMILES string of the molecule is N#Cc1ccc(-c2cc(C(=O)O)ccc2Nc2ccc([N+](=O)[O-])c3nonc23)cc1. The van der Waals surface area contributed by atoms with Crippen molar-refractivity contribution in [2.75, 3.05) is 5.32 Å². The van der Waals surface area contributed by atoms with E-state index in [4.69, 9.17) is 5.26 Å². The predicted molar refractivity (Wildman–Crippen MR) is 105 cm³/mol. The Hall–Kier alpha value is -4.78. The van der Waals surface area contributed by atoms with Gasteiger partial charge in [-0.3, -0.25) is 10.1 Å². The van der Waals surface area contributed by atoms with Gasteiger partial charge in [-0.25, -0.2) is 9.42 Å². The van der Waals surface area contributed by atoms with Crippen LogP contribution >= 0.6 is 0 Å². The summed E-state index contributed by atoms with van der Waals surface area (Å²) in [6, 6.07) is 15.9. The van der Waals surface area contributed by atoms with E-state index in [1.165, 1.54) is 24.3 Å². The molecule has 1 heterocycles. The van der Waals surface area contributed by atoms with Gasteiger partial charge >= 0.3 is 11.7 Å². The van der Waals surface area contributed by atoms with E-state index in [9.17, 15) is 20.0 Å². The molecule has 0 amide bonds. The first kappa shape index (κ1) is 18.6. The molecule has 0 saturated heterocycles. The van der Waals surface area contributed by atoms with Crippen LogP contribution in [-0.2, 0) is 0 Å². The van der Waals surface area contributed by atoms with E-state index in [-0.39, 0.29) is 22.3 Å². The summed E-state index contributed by atoms with van der Waals surface area (Å²) in [6.45, 7) is 0. The van der Waals surface area contributed by atoms with Crippen LogP contribution in [0.2, 0.25) is 0 Å². The third-order valence-electron chi connectivity index (χ3n) is 4.45. The zero-order valence-electron chi connectivity index (χ0n) is 15.1. The molecular weight excluding hydrogens is 390 g/mol. The Morgan fingerprint density at radius 1 is 1.07 bits per heavy atom. The van der Waals surface area contributed by atoms with Crippen molar-refractivity contribution in [2.24, 2.45) is 0 Å². The minimum Gasteiger partial charge on any atom is -0.478 e. The summed E-state index contributed by atoms with van der Waals surface area (Å²) in [7, 11) is 0. The van der Waals surface area contributed by atoms with E-state index in [0.29, 0.717) is 28.1 Å². The highest BCUT2D eigenvalue weighted by atomic mass is 16.6. The number of non-ortho nitro benzene ring substituents is 1. The third kappa shape index (κ3) is 3.27. The number of nitro groups is 1. The molecule has 146 valence electrons. The van der Waals surface area contributed by atoms with Crippen LogP contribution in [0, 0.1) is 21.4 Å². The van der Waals surface area contributed by atoms with E-state index < -0.39 is 10.9 Å². The number of carboxylic acids is 1. The van der Waals surface area contributed by atoms with Crippen molar-refractivity contribution in [3.8, 4) is 17.2 Å². The fourth-order valence-corrected chi connectivity index (χ4v) is 3.00. The summed E-state index contributed by atoms with van der Waals surface area (Å²) in [5, 5.41) is 40.0. The van der Waals surface area contributed by atoms with Gasteiger partial charge in [0.15, 0.2) is 5.52 Å². The summed E-state index contributed by atoms with van der Waals surface area (Å²) in [4.78, 5) is 22.0. The molecule has 0 atom stereocenters. The van der Waals surface area contributed by atoms with Crippen LogP contribution in [-0.4, -0.2) is 26.3 Å². The Labute approximate surface area is 168 Å². The van der Waals surface area contributed by atoms with E-state index in [1.807, 2.05) is 6.07 Å². The molecule has 3 aromatic carbocycles. The predicted octanol–water partition coefficient (Wildman–Crippen LogP) is 4.11. The number of carbonyl (C=O) groups is 1. The maximum Gasteiger partial charge on any atom is 0.335 e. The zero-order chi connectivity index (χ0) is 21.3. The number of rotatable bonds is 5. The molecule has 0 aliphatic rings. The Bertz CT molecular complexity index is 1340. The highest BCUT2D eigenvalue weighted by molar-refractivity contribution is 5.97. The molecule has 30 heavy (non-hydrogen) atoms. The van der Waals surface area contributed by atoms with Gasteiger partial charge in [0.05, 0.1) is 27.8 Å². The molecule has 1 aromatic heterocycles. The smallest absolute Gasteiger partial charge is 0.335 e. The van der Waals surface area contributed by atoms with Gasteiger partial charge in [0, 0.05) is 17.3 Å². The number of fused-ring (bicyclic) bond motifs is 1. The summed E-state index contributed by atoms with van der Waals surface area (Å²) in [5.74, 6) is -1.09. The second-order valence-corrected chi connectivity index (χ2v) is 6.23. The standard InChI is InChI=1S/C20H11N5O5/c21-10-11-1-3-12(4-2-11)14-9-13(20(26)27)5-6-15(14)22-16-7-8-17(25(28)29)19-18(16)23-30-24-19/h1-9,22H,(H,26,27). The van der Waals surface area contributed by atoms with Gasteiger partial charge in [-0.05, 0) is 52.3 Å². The third-order valence-corrected chi connectivity index (χ3v) is 4.45. The van der Waals surface area contributed by atoms with Crippen molar-refractivity contribution in [2.45, 2.75) is 0 Å². The number of nitro benzene ring substituents is 1. The number of nitriles is 1. The largest absolute Gasteiger partial charge is 0.478 e. The van der Waals surface area contributed by atoms with Gasteiger partial charge in [-0.15, -0.1) is 0 Å². The van der Waals surface area contributed by atoms with Crippen LogP contribution in [0.5, 0.6) is 0 Å².